The highest BCUT2D eigenvalue weighted by Crippen LogP contribution is 2.31. The van der Waals surface area contributed by atoms with Crippen LogP contribution in [-0.2, 0) is 0 Å². The zero-order valence-corrected chi connectivity index (χ0v) is 11.8. The summed E-state index contributed by atoms with van der Waals surface area (Å²) in [5.41, 5.74) is 9.52. The van der Waals surface area contributed by atoms with E-state index in [-0.39, 0.29) is 0 Å². The van der Waals surface area contributed by atoms with Crippen LogP contribution in [0.3, 0.4) is 0 Å². The number of aromatic amines is 1. The van der Waals surface area contributed by atoms with Crippen molar-refractivity contribution in [3.05, 3.63) is 46.4 Å². The number of nitrogens with two attached hydrogens (primary N) is 1. The first-order valence-electron chi connectivity index (χ1n) is 5.79. The standard InChI is InChI=1S/C14H12ClN3S/c1-8-4-13(19-7-8)12-6-17-14(18-12)10-5-9(16)2-3-11(10)15/h2-7H,16H2,1H3,(H,17,18). The summed E-state index contributed by atoms with van der Waals surface area (Å²) in [6, 6.07) is 7.51. The average molecular weight is 290 g/mol. The highest BCUT2D eigenvalue weighted by molar-refractivity contribution is 7.13. The molecule has 0 amide bonds. The molecule has 0 unspecified atom stereocenters. The van der Waals surface area contributed by atoms with Gasteiger partial charge in [0.15, 0.2) is 0 Å². The molecule has 0 spiro atoms. The number of H-pyrrole nitrogens is 1. The fourth-order valence-electron chi connectivity index (χ4n) is 1.88. The number of hydrogen-bond donors (Lipinski definition) is 2. The average Bonchev–Trinajstić information content (AvgIpc) is 3.00. The minimum atomic E-state index is 0.637. The molecule has 3 nitrogen and oxygen atoms in total. The molecule has 0 bridgehead atoms. The number of aromatic nitrogens is 2. The molecule has 5 heteroatoms. The molecule has 3 rings (SSSR count). The molecule has 0 aliphatic rings. The number of anilines is 1. The van der Waals surface area contributed by atoms with Gasteiger partial charge in [-0.25, -0.2) is 4.98 Å². The van der Waals surface area contributed by atoms with Crippen LogP contribution < -0.4 is 5.73 Å². The molecule has 2 aromatic heterocycles. The summed E-state index contributed by atoms with van der Waals surface area (Å²) in [6.07, 6.45) is 1.82. The number of aryl methyl sites for hydroxylation is 1. The molecular weight excluding hydrogens is 278 g/mol. The molecule has 0 aliphatic carbocycles. The van der Waals surface area contributed by atoms with E-state index < -0.39 is 0 Å². The van der Waals surface area contributed by atoms with Crippen molar-refractivity contribution < 1.29 is 0 Å². The van der Waals surface area contributed by atoms with E-state index in [1.54, 1.807) is 23.5 Å². The van der Waals surface area contributed by atoms with E-state index in [9.17, 15) is 0 Å². The van der Waals surface area contributed by atoms with Crippen molar-refractivity contribution in [2.45, 2.75) is 6.92 Å². The lowest BCUT2D eigenvalue weighted by Crippen LogP contribution is -1.88. The Morgan fingerprint density at radius 1 is 1.32 bits per heavy atom. The van der Waals surface area contributed by atoms with Gasteiger partial charge in [-0.15, -0.1) is 11.3 Å². The Kier molecular flexibility index (Phi) is 3.05. The SMILES string of the molecule is Cc1csc(-c2cnc(-c3cc(N)ccc3Cl)[nH]2)c1. The minimum absolute atomic E-state index is 0.637. The second-order valence-corrected chi connectivity index (χ2v) is 5.69. The summed E-state index contributed by atoms with van der Waals surface area (Å²) in [5, 5.41) is 2.75. The van der Waals surface area contributed by atoms with Gasteiger partial charge in [0.05, 0.1) is 21.8 Å². The number of nitrogen functional groups attached to an aromatic ring is 1. The van der Waals surface area contributed by atoms with Crippen molar-refractivity contribution in [3.63, 3.8) is 0 Å². The zero-order valence-electron chi connectivity index (χ0n) is 10.3. The van der Waals surface area contributed by atoms with Crippen LogP contribution in [0.5, 0.6) is 0 Å². The van der Waals surface area contributed by atoms with Gasteiger partial charge in [-0.2, -0.15) is 0 Å². The number of halogens is 1. The van der Waals surface area contributed by atoms with Gasteiger partial charge < -0.3 is 10.7 Å². The molecule has 2 heterocycles. The number of rotatable bonds is 2. The monoisotopic (exact) mass is 289 g/mol. The Labute approximate surface area is 120 Å². The van der Waals surface area contributed by atoms with E-state index in [0.29, 0.717) is 10.7 Å². The third-order valence-electron chi connectivity index (χ3n) is 2.82. The van der Waals surface area contributed by atoms with E-state index in [4.69, 9.17) is 17.3 Å². The molecule has 0 saturated carbocycles. The molecule has 0 radical (unpaired) electrons. The van der Waals surface area contributed by atoms with Crippen molar-refractivity contribution in [2.24, 2.45) is 0 Å². The van der Waals surface area contributed by atoms with Crippen molar-refractivity contribution in [1.82, 2.24) is 9.97 Å². The molecule has 0 aliphatic heterocycles. The predicted molar refractivity (Wildman–Crippen MR) is 81.5 cm³/mol. The van der Waals surface area contributed by atoms with Crippen LogP contribution in [0.2, 0.25) is 5.02 Å². The molecular formula is C14H12ClN3S. The quantitative estimate of drug-likeness (QED) is 0.689. The van der Waals surface area contributed by atoms with Crippen LogP contribution in [0.25, 0.3) is 22.0 Å². The number of nitrogens with one attached hydrogen (secondary N) is 1. The molecule has 0 fully saturated rings. The molecule has 1 aromatic carbocycles. The Hall–Kier alpha value is -1.78. The van der Waals surface area contributed by atoms with E-state index >= 15 is 0 Å². The fraction of sp³-hybridized carbons (Fsp3) is 0.0714. The van der Waals surface area contributed by atoms with Gasteiger partial charge in [-0.1, -0.05) is 11.6 Å². The van der Waals surface area contributed by atoms with Gasteiger partial charge in [-0.3, -0.25) is 0 Å². The first-order chi connectivity index (χ1) is 9.13. The van der Waals surface area contributed by atoms with Gasteiger partial charge in [0, 0.05) is 11.3 Å². The normalized spacial score (nSPS) is 10.8. The summed E-state index contributed by atoms with van der Waals surface area (Å²) in [6.45, 7) is 2.08. The third kappa shape index (κ3) is 2.37. The third-order valence-corrected chi connectivity index (χ3v) is 4.23. The second-order valence-electron chi connectivity index (χ2n) is 4.37. The van der Waals surface area contributed by atoms with Gasteiger partial charge in [0.25, 0.3) is 0 Å². The fourth-order valence-corrected chi connectivity index (χ4v) is 2.95. The smallest absolute Gasteiger partial charge is 0.139 e. The van der Waals surface area contributed by atoms with Crippen molar-refractivity contribution in [1.29, 1.82) is 0 Å². The van der Waals surface area contributed by atoms with Crippen LogP contribution in [0.15, 0.2) is 35.8 Å². The Balaban J connectivity index is 2.03. The number of nitrogens with zero attached hydrogens (tertiary/aromatic N) is 1. The molecule has 0 saturated heterocycles. The molecule has 3 N–H and O–H groups in total. The van der Waals surface area contributed by atoms with Crippen LogP contribution in [-0.4, -0.2) is 9.97 Å². The van der Waals surface area contributed by atoms with Crippen LogP contribution >= 0.6 is 22.9 Å². The van der Waals surface area contributed by atoms with Crippen molar-refractivity contribution in [3.8, 4) is 22.0 Å². The van der Waals surface area contributed by atoms with Gasteiger partial charge >= 0.3 is 0 Å². The molecule has 3 aromatic rings. The van der Waals surface area contributed by atoms with Crippen LogP contribution in [0.4, 0.5) is 5.69 Å². The molecule has 0 atom stereocenters. The number of benzene rings is 1. The maximum Gasteiger partial charge on any atom is 0.139 e. The summed E-state index contributed by atoms with van der Waals surface area (Å²) in [7, 11) is 0. The Morgan fingerprint density at radius 3 is 2.89 bits per heavy atom. The number of imidazole rings is 1. The lowest BCUT2D eigenvalue weighted by atomic mass is 10.2. The maximum atomic E-state index is 6.18. The highest BCUT2D eigenvalue weighted by atomic mass is 35.5. The summed E-state index contributed by atoms with van der Waals surface area (Å²) in [4.78, 5) is 8.83. The van der Waals surface area contributed by atoms with E-state index in [1.165, 1.54) is 5.56 Å². The van der Waals surface area contributed by atoms with Gasteiger partial charge in [0.1, 0.15) is 5.82 Å². The number of thiophene rings is 1. The molecule has 19 heavy (non-hydrogen) atoms. The second kappa shape index (κ2) is 4.72. The lowest BCUT2D eigenvalue weighted by Gasteiger charge is -2.02. The molecule has 96 valence electrons. The van der Waals surface area contributed by atoms with Gasteiger partial charge in [-0.05, 0) is 42.1 Å². The number of hydrogen-bond acceptors (Lipinski definition) is 3. The van der Waals surface area contributed by atoms with E-state index in [0.717, 1.165) is 22.0 Å². The van der Waals surface area contributed by atoms with Crippen molar-refractivity contribution in [2.75, 3.05) is 5.73 Å². The van der Waals surface area contributed by atoms with Gasteiger partial charge in [0.2, 0.25) is 0 Å². The Bertz CT molecular complexity index is 730. The topological polar surface area (TPSA) is 54.7 Å². The largest absolute Gasteiger partial charge is 0.399 e. The summed E-state index contributed by atoms with van der Waals surface area (Å²) < 4.78 is 0. The minimum Gasteiger partial charge on any atom is -0.399 e. The summed E-state index contributed by atoms with van der Waals surface area (Å²) >= 11 is 7.87. The summed E-state index contributed by atoms with van der Waals surface area (Å²) in [5.74, 6) is 0.735. The zero-order chi connectivity index (χ0) is 13.4. The lowest BCUT2D eigenvalue weighted by molar-refractivity contribution is 1.31. The predicted octanol–water partition coefficient (Wildman–Crippen LogP) is 4.35. The van der Waals surface area contributed by atoms with Crippen LogP contribution in [0.1, 0.15) is 5.56 Å². The van der Waals surface area contributed by atoms with Crippen LogP contribution in [0, 0.1) is 6.92 Å². The maximum absolute atomic E-state index is 6.18. The van der Waals surface area contributed by atoms with Crippen molar-refractivity contribution >= 4 is 28.6 Å². The first kappa shape index (κ1) is 12.3. The van der Waals surface area contributed by atoms with E-state index in [2.05, 4.69) is 28.3 Å². The Morgan fingerprint density at radius 2 is 2.16 bits per heavy atom. The first-order valence-corrected chi connectivity index (χ1v) is 7.05. The highest BCUT2D eigenvalue weighted by Gasteiger charge is 2.10. The van der Waals surface area contributed by atoms with E-state index in [1.807, 2.05) is 12.3 Å².